The standard InChI is InChI=1S/C12H17NOS/c1-4-9-7-11(12(2)5-6-12)13-8-10(9)15(3)14/h7-8H,4-6H2,1-3H3. The molecule has 0 aliphatic heterocycles. The minimum atomic E-state index is -0.918. The zero-order chi connectivity index (χ0) is 11.1. The Morgan fingerprint density at radius 3 is 2.67 bits per heavy atom. The summed E-state index contributed by atoms with van der Waals surface area (Å²) in [5.41, 5.74) is 2.67. The molecule has 1 aliphatic carbocycles. The molecular weight excluding hydrogens is 206 g/mol. The van der Waals surface area contributed by atoms with E-state index < -0.39 is 11.2 Å². The van der Waals surface area contributed by atoms with Crippen molar-refractivity contribution in [1.29, 1.82) is 0 Å². The molecule has 2 rings (SSSR count). The van der Waals surface area contributed by atoms with Crippen LogP contribution in [0.5, 0.6) is 0 Å². The molecule has 1 aliphatic rings. The topological polar surface area (TPSA) is 36.0 Å². The molecule has 0 bridgehead atoms. The van der Waals surface area contributed by atoms with E-state index in [2.05, 4.69) is 24.9 Å². The number of hydrogen-bond donors (Lipinski definition) is 0. The summed E-state index contributed by atoms with van der Waals surface area (Å²) in [6, 6.07) is 2.14. The van der Waals surface area contributed by atoms with Gasteiger partial charge in [-0.25, -0.2) is 0 Å². The van der Waals surface area contributed by atoms with Gasteiger partial charge in [0.2, 0.25) is 0 Å². The van der Waals surface area contributed by atoms with E-state index in [1.165, 1.54) is 24.1 Å². The van der Waals surface area contributed by atoms with E-state index in [0.717, 1.165) is 11.3 Å². The first-order chi connectivity index (χ1) is 7.07. The van der Waals surface area contributed by atoms with Crippen LogP contribution < -0.4 is 0 Å². The van der Waals surface area contributed by atoms with Crippen LogP contribution in [-0.2, 0) is 23.0 Å². The number of aryl methyl sites for hydroxylation is 1. The average Bonchev–Trinajstić information content (AvgIpc) is 2.96. The van der Waals surface area contributed by atoms with E-state index in [4.69, 9.17) is 0 Å². The lowest BCUT2D eigenvalue weighted by Gasteiger charge is -2.13. The van der Waals surface area contributed by atoms with Gasteiger partial charge in [-0.2, -0.15) is 0 Å². The second-order valence-corrected chi connectivity index (χ2v) is 5.89. The Hall–Kier alpha value is -0.540. The van der Waals surface area contributed by atoms with Gasteiger partial charge in [0.1, 0.15) is 6.26 Å². The van der Waals surface area contributed by atoms with Crippen LogP contribution in [0.25, 0.3) is 0 Å². The Labute approximate surface area is 94.3 Å². The van der Waals surface area contributed by atoms with Gasteiger partial charge in [0.05, 0.1) is 6.20 Å². The first-order valence-electron chi connectivity index (χ1n) is 5.39. The highest BCUT2D eigenvalue weighted by atomic mass is 32.2. The number of pyridine rings is 1. The highest BCUT2D eigenvalue weighted by Gasteiger charge is 2.40. The molecule has 1 fully saturated rings. The molecule has 0 spiro atoms. The molecule has 1 aromatic rings. The fraction of sp³-hybridized carbons (Fsp3) is 0.583. The molecular formula is C12H17NOS. The second kappa shape index (κ2) is 3.80. The maximum Gasteiger partial charge on any atom is 0.173 e. The zero-order valence-corrected chi connectivity index (χ0v) is 10.4. The van der Waals surface area contributed by atoms with E-state index in [1.807, 2.05) is 0 Å². The van der Waals surface area contributed by atoms with Gasteiger partial charge in [-0.3, -0.25) is 4.98 Å². The first kappa shape index (κ1) is 11.0. The van der Waals surface area contributed by atoms with Gasteiger partial charge in [-0.15, -0.1) is 0 Å². The predicted molar refractivity (Wildman–Crippen MR) is 62.5 cm³/mol. The van der Waals surface area contributed by atoms with E-state index in [0.29, 0.717) is 5.41 Å². The Kier molecular flexibility index (Phi) is 2.77. The maximum atomic E-state index is 11.5. The van der Waals surface area contributed by atoms with E-state index in [9.17, 15) is 4.55 Å². The summed E-state index contributed by atoms with van der Waals surface area (Å²) in [7, 11) is 0. The van der Waals surface area contributed by atoms with E-state index >= 15 is 0 Å². The molecule has 1 aromatic heterocycles. The van der Waals surface area contributed by atoms with E-state index in [-0.39, 0.29) is 0 Å². The molecule has 82 valence electrons. The highest BCUT2D eigenvalue weighted by molar-refractivity contribution is 7.90. The summed E-state index contributed by atoms with van der Waals surface area (Å²) in [5, 5.41) is 0. The number of nitrogens with zero attached hydrogens (tertiary/aromatic N) is 1. The third-order valence-electron chi connectivity index (χ3n) is 3.26. The molecule has 0 aromatic carbocycles. The zero-order valence-electron chi connectivity index (χ0n) is 9.54. The Balaban J connectivity index is 2.38. The van der Waals surface area contributed by atoms with E-state index in [1.54, 1.807) is 12.5 Å². The smallest absolute Gasteiger partial charge is 0.173 e. The molecule has 2 nitrogen and oxygen atoms in total. The molecule has 0 N–H and O–H groups in total. The van der Waals surface area contributed by atoms with Crippen LogP contribution in [0.15, 0.2) is 17.2 Å². The van der Waals surface area contributed by atoms with Crippen molar-refractivity contribution in [3.63, 3.8) is 0 Å². The third-order valence-corrected chi connectivity index (χ3v) is 4.24. The minimum Gasteiger partial charge on any atom is -0.612 e. The van der Waals surface area contributed by atoms with Crippen LogP contribution in [0.1, 0.15) is 37.9 Å². The molecule has 1 saturated carbocycles. The van der Waals surface area contributed by atoms with Gasteiger partial charge in [-0.05, 0) is 36.5 Å². The Bertz CT molecular complexity index is 372. The first-order valence-corrected chi connectivity index (χ1v) is 6.95. The molecule has 0 radical (unpaired) electrons. The Morgan fingerprint density at radius 2 is 2.20 bits per heavy atom. The lowest BCUT2D eigenvalue weighted by atomic mass is 10.0. The van der Waals surface area contributed by atoms with Gasteiger partial charge >= 0.3 is 0 Å². The molecule has 1 heterocycles. The van der Waals surface area contributed by atoms with Crippen molar-refractivity contribution < 1.29 is 4.55 Å². The average molecular weight is 223 g/mol. The monoisotopic (exact) mass is 223 g/mol. The normalized spacial score (nSPS) is 20.0. The number of aromatic nitrogens is 1. The summed E-state index contributed by atoms with van der Waals surface area (Å²) >= 11 is -0.918. The van der Waals surface area contributed by atoms with Gasteiger partial charge in [-0.1, -0.05) is 13.8 Å². The highest BCUT2D eigenvalue weighted by Crippen LogP contribution is 2.47. The summed E-state index contributed by atoms with van der Waals surface area (Å²) in [5.74, 6) is 0. The molecule has 0 saturated heterocycles. The third kappa shape index (κ3) is 2.04. The number of hydrogen-bond acceptors (Lipinski definition) is 2. The van der Waals surface area contributed by atoms with Gasteiger partial charge in [0.25, 0.3) is 0 Å². The van der Waals surface area contributed by atoms with Gasteiger partial charge < -0.3 is 4.55 Å². The quantitative estimate of drug-likeness (QED) is 0.738. The largest absolute Gasteiger partial charge is 0.612 e. The summed E-state index contributed by atoms with van der Waals surface area (Å²) in [6.45, 7) is 4.35. The van der Waals surface area contributed by atoms with Gasteiger partial charge in [0, 0.05) is 16.7 Å². The van der Waals surface area contributed by atoms with Crippen molar-refractivity contribution in [3.05, 3.63) is 23.5 Å². The molecule has 1 unspecified atom stereocenters. The van der Waals surface area contributed by atoms with Crippen LogP contribution in [0, 0.1) is 0 Å². The molecule has 0 amide bonds. The molecule has 1 atom stereocenters. The van der Waals surface area contributed by atoms with Crippen LogP contribution in [0.4, 0.5) is 0 Å². The summed E-state index contributed by atoms with van der Waals surface area (Å²) in [6.07, 6.45) is 6.92. The van der Waals surface area contributed by atoms with Gasteiger partial charge in [0.15, 0.2) is 4.90 Å². The van der Waals surface area contributed by atoms with Crippen molar-refractivity contribution in [2.24, 2.45) is 0 Å². The van der Waals surface area contributed by atoms with Crippen molar-refractivity contribution in [3.8, 4) is 0 Å². The Morgan fingerprint density at radius 1 is 1.53 bits per heavy atom. The molecule has 15 heavy (non-hydrogen) atoms. The lowest BCUT2D eigenvalue weighted by molar-refractivity contribution is 0.598. The van der Waals surface area contributed by atoms with Crippen LogP contribution >= 0.6 is 0 Å². The van der Waals surface area contributed by atoms with Crippen LogP contribution in [-0.4, -0.2) is 15.8 Å². The fourth-order valence-corrected chi connectivity index (χ4v) is 2.57. The van der Waals surface area contributed by atoms with Crippen LogP contribution in [0.2, 0.25) is 0 Å². The van der Waals surface area contributed by atoms with Crippen molar-refractivity contribution in [1.82, 2.24) is 4.98 Å². The summed E-state index contributed by atoms with van der Waals surface area (Å²) in [4.78, 5) is 5.34. The van der Waals surface area contributed by atoms with Crippen LogP contribution in [0.3, 0.4) is 0 Å². The van der Waals surface area contributed by atoms with Crippen molar-refractivity contribution >= 4 is 11.2 Å². The minimum absolute atomic E-state index is 0.303. The maximum absolute atomic E-state index is 11.5. The number of rotatable bonds is 3. The van der Waals surface area contributed by atoms with Crippen molar-refractivity contribution in [2.75, 3.05) is 6.26 Å². The fourth-order valence-electron chi connectivity index (χ4n) is 1.79. The van der Waals surface area contributed by atoms with Crippen molar-refractivity contribution in [2.45, 2.75) is 43.4 Å². The lowest BCUT2D eigenvalue weighted by Crippen LogP contribution is -2.09. The predicted octanol–water partition coefficient (Wildman–Crippen LogP) is 2.43. The second-order valence-electron chi connectivity index (χ2n) is 4.55. The summed E-state index contributed by atoms with van der Waals surface area (Å²) < 4.78 is 11.5. The SMILES string of the molecule is CCc1cc(C2(C)CC2)ncc1[S+](C)[O-]. The molecule has 3 heteroatoms.